The molecule has 2 rings (SSSR count). The summed E-state index contributed by atoms with van der Waals surface area (Å²) < 4.78 is 43.7. The van der Waals surface area contributed by atoms with Gasteiger partial charge in [0.1, 0.15) is 0 Å². The van der Waals surface area contributed by atoms with Crippen molar-refractivity contribution in [2.75, 3.05) is 39.8 Å². The average Bonchev–Trinajstić information content (AvgIpc) is 2.54. The first-order chi connectivity index (χ1) is 11.3. The van der Waals surface area contributed by atoms with Gasteiger partial charge in [0, 0.05) is 31.7 Å². The molecule has 0 unspecified atom stereocenters. The molecule has 0 atom stereocenters. The van der Waals surface area contributed by atoms with E-state index in [9.17, 15) is 18.0 Å². The second kappa shape index (κ2) is 7.65. The monoisotopic (exact) mass is 343 g/mol. The van der Waals surface area contributed by atoms with Crippen molar-refractivity contribution in [2.45, 2.75) is 13.1 Å². The van der Waals surface area contributed by atoms with Crippen molar-refractivity contribution in [1.29, 1.82) is 0 Å². The maximum Gasteiger partial charge on any atom is 0.416 e. The Morgan fingerprint density at radius 1 is 1.25 bits per heavy atom. The highest BCUT2D eigenvalue weighted by Gasteiger charge is 2.31. The lowest BCUT2D eigenvalue weighted by molar-refractivity contribution is -0.137. The number of likely N-dealkylation sites (N-methyl/N-ethyl adjacent to an activating group) is 1. The third-order valence-electron chi connectivity index (χ3n) is 3.68. The number of halogens is 3. The van der Waals surface area contributed by atoms with Crippen LogP contribution < -0.4 is 0 Å². The highest BCUT2D eigenvalue weighted by Crippen LogP contribution is 2.29. The number of nitrogens with zero attached hydrogens (tertiary/aromatic N) is 3. The zero-order chi connectivity index (χ0) is 17.7. The van der Waals surface area contributed by atoms with Gasteiger partial charge >= 0.3 is 6.18 Å². The number of rotatable bonds is 2. The van der Waals surface area contributed by atoms with Crippen molar-refractivity contribution in [3.63, 3.8) is 0 Å². The van der Waals surface area contributed by atoms with Gasteiger partial charge in [0.2, 0.25) is 0 Å². The first-order valence-electron chi connectivity index (χ1n) is 7.68. The number of ether oxygens (including phenoxy) is 1. The van der Waals surface area contributed by atoms with Crippen molar-refractivity contribution in [2.24, 2.45) is 4.99 Å². The third kappa shape index (κ3) is 4.70. The Balaban J connectivity index is 2.21. The van der Waals surface area contributed by atoms with Crippen LogP contribution in [-0.4, -0.2) is 61.6 Å². The fraction of sp³-hybridized carbons (Fsp3) is 0.500. The van der Waals surface area contributed by atoms with Gasteiger partial charge in [-0.2, -0.15) is 18.2 Å². The maximum absolute atomic E-state index is 12.8. The van der Waals surface area contributed by atoms with Crippen LogP contribution in [0, 0.1) is 0 Å². The number of alkyl halides is 3. The van der Waals surface area contributed by atoms with Gasteiger partial charge in [-0.1, -0.05) is 6.07 Å². The summed E-state index contributed by atoms with van der Waals surface area (Å²) in [6.45, 7) is 4.96. The van der Waals surface area contributed by atoms with E-state index in [0.717, 1.165) is 25.2 Å². The third-order valence-corrected chi connectivity index (χ3v) is 3.68. The highest BCUT2D eigenvalue weighted by molar-refractivity contribution is 6.01. The number of amidine groups is 1. The van der Waals surface area contributed by atoms with Crippen molar-refractivity contribution >= 4 is 11.9 Å². The van der Waals surface area contributed by atoms with E-state index in [1.54, 1.807) is 6.92 Å². The van der Waals surface area contributed by atoms with Crippen molar-refractivity contribution in [3.8, 4) is 0 Å². The second-order valence-corrected chi connectivity index (χ2v) is 5.50. The van der Waals surface area contributed by atoms with E-state index in [4.69, 9.17) is 4.74 Å². The number of hydrogen-bond acceptors (Lipinski definition) is 3. The van der Waals surface area contributed by atoms with E-state index in [0.29, 0.717) is 19.7 Å². The van der Waals surface area contributed by atoms with Crippen molar-refractivity contribution in [3.05, 3.63) is 35.4 Å². The van der Waals surface area contributed by atoms with Gasteiger partial charge in [0.05, 0.1) is 12.2 Å². The van der Waals surface area contributed by atoms with Crippen LogP contribution >= 0.6 is 0 Å². The summed E-state index contributed by atoms with van der Waals surface area (Å²) in [6.07, 6.45) is -4.50. The predicted molar refractivity (Wildman–Crippen MR) is 83.9 cm³/mol. The molecule has 1 heterocycles. The summed E-state index contributed by atoms with van der Waals surface area (Å²) in [7, 11) is 1.99. The number of benzene rings is 1. The number of carbonyl (C=O) groups is 1. The highest BCUT2D eigenvalue weighted by atomic mass is 19.4. The molecule has 0 radical (unpaired) electrons. The Kier molecular flexibility index (Phi) is 5.82. The predicted octanol–water partition coefficient (Wildman–Crippen LogP) is 2.49. The first kappa shape index (κ1) is 18.3. The molecule has 0 aliphatic carbocycles. The minimum absolute atomic E-state index is 0.115. The molecule has 132 valence electrons. The Labute approximate surface area is 138 Å². The summed E-state index contributed by atoms with van der Waals surface area (Å²) in [6, 6.07) is 4.40. The molecule has 0 bridgehead atoms. The van der Waals surface area contributed by atoms with Crippen LogP contribution in [0.1, 0.15) is 22.8 Å². The number of piperazine rings is 1. The molecule has 8 heteroatoms. The van der Waals surface area contributed by atoms with Crippen LogP contribution in [0.5, 0.6) is 0 Å². The van der Waals surface area contributed by atoms with Gasteiger partial charge < -0.3 is 14.5 Å². The number of aliphatic imine (C=N–C) groups is 1. The first-order valence-corrected chi connectivity index (χ1v) is 7.68. The fourth-order valence-electron chi connectivity index (χ4n) is 2.30. The van der Waals surface area contributed by atoms with Gasteiger partial charge in [-0.15, -0.1) is 0 Å². The van der Waals surface area contributed by atoms with Gasteiger partial charge in [0.15, 0.2) is 0 Å². The molecule has 0 aromatic heterocycles. The standard InChI is InChI=1S/C16H20F3N3O2/c1-3-24-15(22-9-7-21(2)8-10-22)20-14(23)12-5-4-6-13(11-12)16(17,18)19/h4-6,11H,3,7-10H2,1-2H3. The molecule has 24 heavy (non-hydrogen) atoms. The number of amides is 1. The maximum atomic E-state index is 12.8. The second-order valence-electron chi connectivity index (χ2n) is 5.50. The van der Waals surface area contributed by atoms with E-state index < -0.39 is 17.6 Å². The topological polar surface area (TPSA) is 45.1 Å². The smallest absolute Gasteiger partial charge is 0.416 e. The van der Waals surface area contributed by atoms with E-state index >= 15 is 0 Å². The van der Waals surface area contributed by atoms with Crippen LogP contribution in [0.3, 0.4) is 0 Å². The van der Waals surface area contributed by atoms with Crippen molar-refractivity contribution < 1.29 is 22.7 Å². The molecule has 1 aromatic carbocycles. The molecule has 1 aliphatic rings. The Hall–Kier alpha value is -2.09. The SMILES string of the molecule is CCOC(=NC(=O)c1cccc(C(F)(F)F)c1)N1CCN(C)CC1. The Bertz CT molecular complexity index is 609. The van der Waals surface area contributed by atoms with Gasteiger partial charge in [0.25, 0.3) is 11.9 Å². The van der Waals surface area contributed by atoms with Crippen LogP contribution in [0.15, 0.2) is 29.3 Å². The zero-order valence-corrected chi connectivity index (χ0v) is 13.6. The average molecular weight is 343 g/mol. The zero-order valence-electron chi connectivity index (χ0n) is 13.6. The van der Waals surface area contributed by atoms with E-state index in [-0.39, 0.29) is 11.6 Å². The van der Waals surface area contributed by atoms with Gasteiger partial charge in [-0.25, -0.2) is 0 Å². The molecule has 0 spiro atoms. The molecule has 5 nitrogen and oxygen atoms in total. The lowest BCUT2D eigenvalue weighted by Crippen LogP contribution is -2.48. The van der Waals surface area contributed by atoms with Crippen LogP contribution in [0.25, 0.3) is 0 Å². The van der Waals surface area contributed by atoms with E-state index in [2.05, 4.69) is 9.89 Å². The Morgan fingerprint density at radius 2 is 1.92 bits per heavy atom. The summed E-state index contributed by atoms with van der Waals surface area (Å²) in [4.78, 5) is 20.1. The lowest BCUT2D eigenvalue weighted by atomic mass is 10.1. The molecular weight excluding hydrogens is 323 g/mol. The molecule has 0 saturated carbocycles. The molecule has 1 amide bonds. The lowest BCUT2D eigenvalue weighted by Gasteiger charge is -2.33. The number of carbonyl (C=O) groups excluding carboxylic acids is 1. The minimum atomic E-state index is -4.50. The fourth-order valence-corrected chi connectivity index (χ4v) is 2.30. The van der Waals surface area contributed by atoms with E-state index in [1.165, 1.54) is 12.1 Å². The van der Waals surface area contributed by atoms with E-state index in [1.807, 2.05) is 11.9 Å². The molecule has 1 fully saturated rings. The molecule has 0 N–H and O–H groups in total. The summed E-state index contributed by atoms with van der Waals surface area (Å²) in [5, 5.41) is 0. The quantitative estimate of drug-likeness (QED) is 0.611. The summed E-state index contributed by atoms with van der Waals surface area (Å²) in [5.74, 6) is -0.747. The molecule has 1 aliphatic heterocycles. The normalized spacial score (nSPS) is 17.0. The van der Waals surface area contributed by atoms with Crippen LogP contribution in [0.2, 0.25) is 0 Å². The minimum Gasteiger partial charge on any atom is -0.465 e. The molecular formula is C16H20F3N3O2. The molecule has 1 aromatic rings. The molecule has 1 saturated heterocycles. The van der Waals surface area contributed by atoms with Gasteiger partial charge in [-0.3, -0.25) is 4.79 Å². The largest absolute Gasteiger partial charge is 0.465 e. The Morgan fingerprint density at radius 3 is 2.50 bits per heavy atom. The van der Waals surface area contributed by atoms with Crippen molar-refractivity contribution in [1.82, 2.24) is 9.80 Å². The number of hydrogen-bond donors (Lipinski definition) is 0. The summed E-state index contributed by atoms with van der Waals surface area (Å²) in [5.41, 5.74) is -0.989. The van der Waals surface area contributed by atoms with Gasteiger partial charge in [-0.05, 0) is 32.2 Å². The van der Waals surface area contributed by atoms with Crippen LogP contribution in [0.4, 0.5) is 13.2 Å². The summed E-state index contributed by atoms with van der Waals surface area (Å²) >= 11 is 0. The van der Waals surface area contributed by atoms with Crippen LogP contribution in [-0.2, 0) is 10.9 Å².